The van der Waals surface area contributed by atoms with E-state index in [4.69, 9.17) is 18.9 Å². The molecule has 0 unspecified atom stereocenters. The van der Waals surface area contributed by atoms with Crippen molar-refractivity contribution in [1.29, 1.82) is 0 Å². The monoisotopic (exact) mass is 435 g/mol. The number of carbonyl (C=O) groups excluding carboxylic acids is 1. The quantitative estimate of drug-likeness (QED) is 0.676. The SMILES string of the molecule is CC1(C)O[C@H]2O[C@H]3[C@H]([C@@H](Cc4ccccc4)CN4C(=O)[C@@H](OCc5ccccc5)[C@@H]34)[C@H]2O1. The minimum atomic E-state index is -0.659. The number of piperidine rings is 1. The standard InChI is InChI=1S/C26H29NO5/c1-26(2)31-22-19-18(13-16-9-5-3-6-10-16)14-27-20(21(19)30-25(22)32-26)23(24(27)28)29-15-17-11-7-4-8-12-17/h3-12,18-23,25H,13-15H2,1-2H3/t18-,19-,20+,21-,22+,23-,25+/m0/s1. The largest absolute Gasteiger partial charge is 0.361 e. The van der Waals surface area contributed by atoms with Crippen molar-refractivity contribution in [1.82, 2.24) is 4.90 Å². The number of rotatable bonds is 5. The summed E-state index contributed by atoms with van der Waals surface area (Å²) in [5.74, 6) is -0.206. The number of hydrogen-bond donors (Lipinski definition) is 0. The Morgan fingerprint density at radius 1 is 0.969 bits per heavy atom. The molecule has 4 aliphatic heterocycles. The van der Waals surface area contributed by atoms with E-state index in [1.807, 2.05) is 55.1 Å². The third-order valence-electron chi connectivity index (χ3n) is 7.26. The van der Waals surface area contributed by atoms with Crippen molar-refractivity contribution in [3.63, 3.8) is 0 Å². The van der Waals surface area contributed by atoms with Crippen LogP contribution in [0, 0.1) is 11.8 Å². The summed E-state index contributed by atoms with van der Waals surface area (Å²) in [5, 5.41) is 0. The van der Waals surface area contributed by atoms with Crippen LogP contribution in [0.2, 0.25) is 0 Å². The molecule has 0 bridgehead atoms. The fraction of sp³-hybridized carbons (Fsp3) is 0.500. The molecule has 32 heavy (non-hydrogen) atoms. The molecule has 0 saturated carbocycles. The first-order chi connectivity index (χ1) is 15.5. The van der Waals surface area contributed by atoms with Gasteiger partial charge in [0.15, 0.2) is 18.2 Å². The molecule has 4 aliphatic rings. The third kappa shape index (κ3) is 3.37. The summed E-state index contributed by atoms with van der Waals surface area (Å²) in [6, 6.07) is 20.3. The number of ether oxygens (including phenoxy) is 4. The highest BCUT2D eigenvalue weighted by molar-refractivity contribution is 5.89. The summed E-state index contributed by atoms with van der Waals surface area (Å²) in [5.41, 5.74) is 2.33. The first kappa shape index (κ1) is 20.4. The van der Waals surface area contributed by atoms with E-state index in [0.29, 0.717) is 13.2 Å². The highest BCUT2D eigenvalue weighted by atomic mass is 16.8. The molecule has 0 N–H and O–H groups in total. The molecule has 168 valence electrons. The predicted octanol–water partition coefficient (Wildman–Crippen LogP) is 3.15. The minimum absolute atomic E-state index is 0.0604. The molecule has 7 atom stereocenters. The van der Waals surface area contributed by atoms with Crippen LogP contribution >= 0.6 is 0 Å². The van der Waals surface area contributed by atoms with Gasteiger partial charge in [0.1, 0.15) is 6.10 Å². The van der Waals surface area contributed by atoms with Crippen LogP contribution in [0.25, 0.3) is 0 Å². The van der Waals surface area contributed by atoms with Crippen LogP contribution in [-0.4, -0.2) is 53.8 Å². The lowest BCUT2D eigenvalue weighted by Crippen LogP contribution is -2.75. The number of nitrogens with zero attached hydrogens (tertiary/aromatic N) is 1. The van der Waals surface area contributed by atoms with Gasteiger partial charge in [0.2, 0.25) is 0 Å². The van der Waals surface area contributed by atoms with Crippen LogP contribution in [-0.2, 0) is 36.8 Å². The number of β-lactam (4-membered cyclic amide) rings is 1. The van der Waals surface area contributed by atoms with E-state index >= 15 is 0 Å². The summed E-state index contributed by atoms with van der Waals surface area (Å²) in [6.07, 6.45) is -0.279. The van der Waals surface area contributed by atoms with Crippen LogP contribution in [0.4, 0.5) is 0 Å². The van der Waals surface area contributed by atoms with Crippen LogP contribution in [0.5, 0.6) is 0 Å². The van der Waals surface area contributed by atoms with E-state index in [2.05, 4.69) is 24.3 Å². The summed E-state index contributed by atoms with van der Waals surface area (Å²) in [7, 11) is 0. The summed E-state index contributed by atoms with van der Waals surface area (Å²) < 4.78 is 24.9. The first-order valence-corrected chi connectivity index (χ1v) is 11.5. The zero-order valence-corrected chi connectivity index (χ0v) is 18.4. The van der Waals surface area contributed by atoms with Crippen LogP contribution in [0.1, 0.15) is 25.0 Å². The van der Waals surface area contributed by atoms with E-state index < -0.39 is 18.2 Å². The van der Waals surface area contributed by atoms with Crippen LogP contribution < -0.4 is 0 Å². The zero-order chi connectivity index (χ0) is 21.9. The zero-order valence-electron chi connectivity index (χ0n) is 18.4. The van der Waals surface area contributed by atoms with Gasteiger partial charge >= 0.3 is 0 Å². The third-order valence-corrected chi connectivity index (χ3v) is 7.26. The van der Waals surface area contributed by atoms with Gasteiger partial charge in [0.25, 0.3) is 5.91 Å². The molecule has 2 aromatic carbocycles. The highest BCUT2D eigenvalue weighted by Crippen LogP contribution is 2.51. The van der Waals surface area contributed by atoms with Gasteiger partial charge in [-0.05, 0) is 37.3 Å². The lowest BCUT2D eigenvalue weighted by molar-refractivity contribution is -0.247. The molecule has 4 heterocycles. The summed E-state index contributed by atoms with van der Waals surface area (Å²) in [4.78, 5) is 15.0. The van der Waals surface area contributed by atoms with Gasteiger partial charge in [-0.1, -0.05) is 60.7 Å². The lowest BCUT2D eigenvalue weighted by atomic mass is 9.70. The second kappa shape index (κ2) is 7.66. The Bertz CT molecular complexity index is 980. The average Bonchev–Trinajstić information content (AvgIpc) is 3.27. The van der Waals surface area contributed by atoms with Crippen molar-refractivity contribution in [2.24, 2.45) is 11.8 Å². The minimum Gasteiger partial charge on any atom is -0.361 e. The smallest absolute Gasteiger partial charge is 0.254 e. The molecule has 6 heteroatoms. The molecular formula is C26H29NO5. The Morgan fingerprint density at radius 3 is 2.38 bits per heavy atom. The molecule has 0 radical (unpaired) electrons. The number of fused-ring (bicyclic) bond motifs is 5. The molecule has 2 aromatic rings. The highest BCUT2D eigenvalue weighted by Gasteiger charge is 2.67. The molecule has 0 aromatic heterocycles. The molecule has 0 aliphatic carbocycles. The maximum absolute atomic E-state index is 13.0. The maximum Gasteiger partial charge on any atom is 0.254 e. The van der Waals surface area contributed by atoms with Crippen molar-refractivity contribution < 1.29 is 23.7 Å². The van der Waals surface area contributed by atoms with Gasteiger partial charge in [-0.3, -0.25) is 4.79 Å². The second-order valence-electron chi connectivity index (χ2n) is 9.79. The van der Waals surface area contributed by atoms with E-state index in [1.54, 1.807) is 0 Å². The van der Waals surface area contributed by atoms with E-state index in [-0.39, 0.29) is 36.0 Å². The fourth-order valence-electron chi connectivity index (χ4n) is 5.92. The van der Waals surface area contributed by atoms with Gasteiger partial charge in [-0.15, -0.1) is 0 Å². The van der Waals surface area contributed by atoms with Gasteiger partial charge in [0.05, 0.1) is 18.8 Å². The van der Waals surface area contributed by atoms with Gasteiger partial charge in [0, 0.05) is 12.5 Å². The Balaban J connectivity index is 1.25. The summed E-state index contributed by atoms with van der Waals surface area (Å²) in [6.45, 7) is 4.98. The molecule has 6 rings (SSSR count). The summed E-state index contributed by atoms with van der Waals surface area (Å²) >= 11 is 0. The van der Waals surface area contributed by atoms with Crippen molar-refractivity contribution in [3.05, 3.63) is 71.8 Å². The number of benzene rings is 2. The number of carbonyl (C=O) groups is 1. The first-order valence-electron chi connectivity index (χ1n) is 11.5. The molecule has 1 amide bonds. The van der Waals surface area contributed by atoms with E-state index in [9.17, 15) is 4.79 Å². The molecular weight excluding hydrogens is 406 g/mol. The van der Waals surface area contributed by atoms with Crippen molar-refractivity contribution in [2.45, 2.75) is 63.3 Å². The second-order valence-corrected chi connectivity index (χ2v) is 9.79. The molecule has 6 nitrogen and oxygen atoms in total. The predicted molar refractivity (Wildman–Crippen MR) is 116 cm³/mol. The normalized spacial score (nSPS) is 36.9. The van der Waals surface area contributed by atoms with Crippen molar-refractivity contribution in [2.75, 3.05) is 6.54 Å². The van der Waals surface area contributed by atoms with Gasteiger partial charge < -0.3 is 23.8 Å². The lowest BCUT2D eigenvalue weighted by Gasteiger charge is -2.56. The molecule has 4 fully saturated rings. The topological polar surface area (TPSA) is 57.2 Å². The Kier molecular flexibility index (Phi) is 4.88. The van der Waals surface area contributed by atoms with E-state index in [0.717, 1.165) is 12.0 Å². The molecule has 4 saturated heterocycles. The Labute approximate surface area is 188 Å². The van der Waals surface area contributed by atoms with E-state index in [1.165, 1.54) is 5.56 Å². The van der Waals surface area contributed by atoms with Crippen LogP contribution in [0.3, 0.4) is 0 Å². The van der Waals surface area contributed by atoms with Gasteiger partial charge in [-0.2, -0.15) is 0 Å². The fourth-order valence-corrected chi connectivity index (χ4v) is 5.92. The Hall–Kier alpha value is -2.25. The average molecular weight is 436 g/mol. The maximum atomic E-state index is 13.0. The van der Waals surface area contributed by atoms with Crippen molar-refractivity contribution in [3.8, 4) is 0 Å². The van der Waals surface area contributed by atoms with Crippen LogP contribution in [0.15, 0.2) is 60.7 Å². The Morgan fingerprint density at radius 2 is 1.66 bits per heavy atom. The number of hydrogen-bond acceptors (Lipinski definition) is 5. The van der Waals surface area contributed by atoms with Gasteiger partial charge in [-0.25, -0.2) is 0 Å². The van der Waals surface area contributed by atoms with Crippen molar-refractivity contribution >= 4 is 5.91 Å². The molecule has 0 spiro atoms. The number of amides is 1.